The van der Waals surface area contributed by atoms with Crippen LogP contribution in [0, 0.1) is 6.92 Å². The summed E-state index contributed by atoms with van der Waals surface area (Å²) in [6.07, 6.45) is 0. The molecule has 2 aromatic carbocycles. The normalized spacial score (nSPS) is 10.6. The summed E-state index contributed by atoms with van der Waals surface area (Å²) in [5.41, 5.74) is 2.12. The van der Waals surface area contributed by atoms with E-state index in [9.17, 15) is 9.90 Å². The molecule has 3 rings (SSSR count). The average Bonchev–Trinajstić information content (AvgIpc) is 3.03. The van der Waals surface area contributed by atoms with E-state index in [0.717, 1.165) is 22.5 Å². The number of hydrogen-bond acceptors (Lipinski definition) is 5. The van der Waals surface area contributed by atoms with Gasteiger partial charge in [-0.1, -0.05) is 29.8 Å². The zero-order chi connectivity index (χ0) is 18.7. The fourth-order valence-electron chi connectivity index (χ4n) is 2.41. The molecule has 0 saturated carbocycles. The number of carboxylic acid groups (broad SMARTS) is 1. The predicted octanol–water partition coefficient (Wildman–Crippen LogP) is 5.06. The summed E-state index contributed by atoms with van der Waals surface area (Å²) >= 11 is 7.30. The second-order valence-corrected chi connectivity index (χ2v) is 6.89. The number of ether oxygens (including phenoxy) is 2. The molecule has 0 spiro atoms. The van der Waals surface area contributed by atoms with E-state index in [2.05, 4.69) is 4.98 Å². The lowest BCUT2D eigenvalue weighted by atomic mass is 10.2. The van der Waals surface area contributed by atoms with Crippen LogP contribution in [0.2, 0.25) is 5.02 Å². The molecule has 3 aromatic rings. The van der Waals surface area contributed by atoms with Crippen LogP contribution in [-0.2, 0) is 6.61 Å². The molecule has 0 bridgehead atoms. The second-order valence-electron chi connectivity index (χ2n) is 5.48. The molecule has 0 aliphatic rings. The Bertz CT molecular complexity index is 954. The molecule has 7 heteroatoms. The van der Waals surface area contributed by atoms with E-state index < -0.39 is 5.97 Å². The van der Waals surface area contributed by atoms with Crippen LogP contribution in [0.1, 0.15) is 20.9 Å². The molecule has 1 heterocycles. The molecular formula is C19H16ClNO4S. The second kappa shape index (κ2) is 7.76. The van der Waals surface area contributed by atoms with E-state index in [1.54, 1.807) is 32.2 Å². The number of rotatable bonds is 6. The third-order valence-corrected chi connectivity index (χ3v) is 5.31. The van der Waals surface area contributed by atoms with Crippen LogP contribution in [0.25, 0.3) is 10.6 Å². The zero-order valence-corrected chi connectivity index (χ0v) is 15.7. The van der Waals surface area contributed by atoms with Crippen LogP contribution in [0.3, 0.4) is 0 Å². The van der Waals surface area contributed by atoms with Gasteiger partial charge in [-0.2, -0.15) is 0 Å². The fraction of sp³-hybridized carbons (Fsp3) is 0.158. The quantitative estimate of drug-likeness (QED) is 0.638. The zero-order valence-electron chi connectivity index (χ0n) is 14.2. The first-order valence-electron chi connectivity index (χ1n) is 7.75. The molecule has 26 heavy (non-hydrogen) atoms. The van der Waals surface area contributed by atoms with Crippen molar-refractivity contribution in [3.63, 3.8) is 0 Å². The van der Waals surface area contributed by atoms with Gasteiger partial charge in [-0.3, -0.25) is 0 Å². The standard InChI is InChI=1S/C19H16ClNO4S/c1-11-17(19(22)23)26-18(21-11)12-7-8-15(24-2)16(9-12)25-10-13-5-3-4-6-14(13)20/h3-9H,10H2,1-2H3,(H,22,23). The lowest BCUT2D eigenvalue weighted by Gasteiger charge is -2.12. The van der Waals surface area contributed by atoms with Crippen LogP contribution in [0.15, 0.2) is 42.5 Å². The lowest BCUT2D eigenvalue weighted by Crippen LogP contribution is -1.98. The van der Waals surface area contributed by atoms with Crippen LogP contribution < -0.4 is 9.47 Å². The SMILES string of the molecule is COc1ccc(-c2nc(C)c(C(=O)O)s2)cc1OCc1ccccc1Cl. The van der Waals surface area contributed by atoms with Gasteiger partial charge < -0.3 is 14.6 Å². The van der Waals surface area contributed by atoms with Crippen LogP contribution in [-0.4, -0.2) is 23.2 Å². The molecule has 0 aliphatic carbocycles. The van der Waals surface area contributed by atoms with Crippen molar-refractivity contribution in [2.24, 2.45) is 0 Å². The third-order valence-electron chi connectivity index (χ3n) is 3.74. The topological polar surface area (TPSA) is 68.7 Å². The monoisotopic (exact) mass is 389 g/mol. The first-order valence-corrected chi connectivity index (χ1v) is 8.94. The van der Waals surface area contributed by atoms with Crippen molar-refractivity contribution in [2.45, 2.75) is 13.5 Å². The van der Waals surface area contributed by atoms with Gasteiger partial charge in [-0.25, -0.2) is 9.78 Å². The molecule has 0 radical (unpaired) electrons. The van der Waals surface area contributed by atoms with E-state index in [-0.39, 0.29) is 11.5 Å². The molecule has 134 valence electrons. The Morgan fingerprint density at radius 3 is 2.65 bits per heavy atom. The Balaban J connectivity index is 1.90. The van der Waals surface area contributed by atoms with Gasteiger partial charge in [0.25, 0.3) is 0 Å². The van der Waals surface area contributed by atoms with Gasteiger partial charge in [0.2, 0.25) is 0 Å². The highest BCUT2D eigenvalue weighted by Crippen LogP contribution is 2.35. The number of methoxy groups -OCH3 is 1. The molecule has 0 atom stereocenters. The number of nitrogens with zero attached hydrogens (tertiary/aromatic N) is 1. The summed E-state index contributed by atoms with van der Waals surface area (Å²) in [7, 11) is 1.56. The van der Waals surface area contributed by atoms with E-state index in [0.29, 0.717) is 27.2 Å². The maximum Gasteiger partial charge on any atom is 0.347 e. The first-order chi connectivity index (χ1) is 12.5. The van der Waals surface area contributed by atoms with E-state index in [4.69, 9.17) is 21.1 Å². The van der Waals surface area contributed by atoms with Gasteiger partial charge in [0.05, 0.1) is 12.8 Å². The van der Waals surface area contributed by atoms with Crippen LogP contribution in [0.5, 0.6) is 11.5 Å². The lowest BCUT2D eigenvalue weighted by molar-refractivity contribution is 0.0701. The molecule has 1 N–H and O–H groups in total. The third kappa shape index (κ3) is 3.81. The summed E-state index contributed by atoms with van der Waals surface area (Å²) in [5.74, 6) is 0.136. The van der Waals surface area contributed by atoms with Gasteiger partial charge in [0.1, 0.15) is 16.5 Å². The van der Waals surface area contributed by atoms with Gasteiger partial charge in [-0.15, -0.1) is 11.3 Å². The highest BCUT2D eigenvalue weighted by molar-refractivity contribution is 7.17. The minimum absolute atomic E-state index is 0.231. The van der Waals surface area contributed by atoms with Crippen molar-refractivity contribution in [2.75, 3.05) is 7.11 Å². The summed E-state index contributed by atoms with van der Waals surface area (Å²) < 4.78 is 11.2. The average molecular weight is 390 g/mol. The van der Waals surface area contributed by atoms with Crippen molar-refractivity contribution >= 4 is 28.9 Å². The Morgan fingerprint density at radius 1 is 1.23 bits per heavy atom. The summed E-state index contributed by atoms with van der Waals surface area (Å²) in [5, 5.41) is 10.5. The molecule has 5 nitrogen and oxygen atoms in total. The highest BCUT2D eigenvalue weighted by Gasteiger charge is 2.16. The van der Waals surface area contributed by atoms with Crippen LogP contribution >= 0.6 is 22.9 Å². The highest BCUT2D eigenvalue weighted by atomic mass is 35.5. The first kappa shape index (κ1) is 18.2. The van der Waals surface area contributed by atoms with E-state index in [1.165, 1.54) is 0 Å². The van der Waals surface area contributed by atoms with E-state index in [1.807, 2.05) is 24.3 Å². The number of hydrogen-bond donors (Lipinski definition) is 1. The molecule has 1 aromatic heterocycles. The van der Waals surface area contributed by atoms with Crippen LogP contribution in [0.4, 0.5) is 0 Å². The summed E-state index contributed by atoms with van der Waals surface area (Å²) in [4.78, 5) is 15.8. The minimum Gasteiger partial charge on any atom is -0.493 e. The number of aromatic carboxylic acids is 1. The number of aryl methyl sites for hydroxylation is 1. The smallest absolute Gasteiger partial charge is 0.347 e. The molecule has 0 unspecified atom stereocenters. The minimum atomic E-state index is -0.977. The fourth-order valence-corrected chi connectivity index (χ4v) is 3.50. The molecule has 0 amide bonds. The summed E-state index contributed by atoms with van der Waals surface area (Å²) in [6.45, 7) is 1.97. The van der Waals surface area contributed by atoms with Crippen molar-refractivity contribution in [1.29, 1.82) is 0 Å². The predicted molar refractivity (Wildman–Crippen MR) is 102 cm³/mol. The number of carbonyl (C=O) groups is 1. The number of carboxylic acids is 1. The summed E-state index contributed by atoms with van der Waals surface area (Å²) in [6, 6.07) is 12.8. The molecular weight excluding hydrogens is 374 g/mol. The Hall–Kier alpha value is -2.57. The Labute approximate surface area is 159 Å². The van der Waals surface area contributed by atoms with Gasteiger partial charge in [0, 0.05) is 16.1 Å². The molecule has 0 aliphatic heterocycles. The number of benzene rings is 2. The molecule has 0 saturated heterocycles. The maximum absolute atomic E-state index is 11.2. The van der Waals surface area contributed by atoms with Gasteiger partial charge >= 0.3 is 5.97 Å². The van der Waals surface area contributed by atoms with Crippen molar-refractivity contribution in [3.8, 4) is 22.1 Å². The molecule has 0 fully saturated rings. The van der Waals surface area contributed by atoms with Gasteiger partial charge in [0.15, 0.2) is 11.5 Å². The van der Waals surface area contributed by atoms with Crippen molar-refractivity contribution in [3.05, 3.63) is 63.6 Å². The Morgan fingerprint density at radius 2 is 2.00 bits per heavy atom. The van der Waals surface area contributed by atoms with Crippen molar-refractivity contribution < 1.29 is 19.4 Å². The van der Waals surface area contributed by atoms with Crippen molar-refractivity contribution in [1.82, 2.24) is 4.98 Å². The number of aromatic nitrogens is 1. The van der Waals surface area contributed by atoms with E-state index >= 15 is 0 Å². The number of thiazole rings is 1. The number of halogens is 1. The van der Waals surface area contributed by atoms with Gasteiger partial charge in [-0.05, 0) is 31.2 Å². The Kier molecular flexibility index (Phi) is 5.44. The largest absolute Gasteiger partial charge is 0.493 e. The maximum atomic E-state index is 11.2.